The molecule has 162 valence electrons. The maximum atomic E-state index is 12.9. The largest absolute Gasteiger partial charge is 0.497 e. The molecule has 32 heavy (non-hydrogen) atoms. The Labute approximate surface area is 187 Å². The van der Waals surface area contributed by atoms with E-state index in [4.69, 9.17) is 14.2 Å². The van der Waals surface area contributed by atoms with Gasteiger partial charge in [0.1, 0.15) is 23.9 Å². The number of nitrogens with one attached hydrogen (secondary N) is 1. The van der Waals surface area contributed by atoms with Crippen molar-refractivity contribution in [1.29, 1.82) is 0 Å². The van der Waals surface area contributed by atoms with Gasteiger partial charge >= 0.3 is 0 Å². The second kappa shape index (κ2) is 9.88. The van der Waals surface area contributed by atoms with E-state index < -0.39 is 0 Å². The first-order chi connectivity index (χ1) is 15.7. The van der Waals surface area contributed by atoms with Gasteiger partial charge in [-0.25, -0.2) is 0 Å². The van der Waals surface area contributed by atoms with Gasteiger partial charge in [-0.1, -0.05) is 42.5 Å². The molecule has 1 N–H and O–H groups in total. The molecule has 0 aliphatic heterocycles. The van der Waals surface area contributed by atoms with Crippen molar-refractivity contribution in [2.45, 2.75) is 13.5 Å². The number of benzene rings is 4. The molecular weight excluding hydrogens is 402 g/mol. The van der Waals surface area contributed by atoms with Crippen LogP contribution in [0.5, 0.6) is 17.2 Å². The van der Waals surface area contributed by atoms with Crippen LogP contribution in [0, 0.1) is 0 Å². The van der Waals surface area contributed by atoms with E-state index in [1.165, 1.54) is 0 Å². The summed E-state index contributed by atoms with van der Waals surface area (Å²) in [5.41, 5.74) is 1.99. The lowest BCUT2D eigenvalue weighted by molar-refractivity contribution is 0.102. The molecule has 0 saturated heterocycles. The Morgan fingerprint density at radius 1 is 0.844 bits per heavy atom. The van der Waals surface area contributed by atoms with Crippen LogP contribution in [0.1, 0.15) is 22.8 Å². The van der Waals surface area contributed by atoms with Crippen LogP contribution in [0.3, 0.4) is 0 Å². The van der Waals surface area contributed by atoms with Gasteiger partial charge in [0, 0.05) is 28.3 Å². The average molecular weight is 428 g/mol. The van der Waals surface area contributed by atoms with Crippen LogP contribution in [0.25, 0.3) is 10.8 Å². The lowest BCUT2D eigenvalue weighted by atomic mass is 10.1. The molecule has 5 heteroatoms. The Kier molecular flexibility index (Phi) is 6.56. The number of rotatable bonds is 8. The zero-order valence-corrected chi connectivity index (χ0v) is 18.1. The van der Waals surface area contributed by atoms with Crippen molar-refractivity contribution in [3.05, 3.63) is 96.1 Å². The summed E-state index contributed by atoms with van der Waals surface area (Å²) in [6.07, 6.45) is 0. The highest BCUT2D eigenvalue weighted by Gasteiger charge is 2.13. The van der Waals surface area contributed by atoms with E-state index in [9.17, 15) is 4.79 Å². The van der Waals surface area contributed by atoms with Gasteiger partial charge in [-0.2, -0.15) is 0 Å². The van der Waals surface area contributed by atoms with Crippen LogP contribution >= 0.6 is 0 Å². The summed E-state index contributed by atoms with van der Waals surface area (Å²) in [6.45, 7) is 2.74. The van der Waals surface area contributed by atoms with Crippen molar-refractivity contribution in [3.8, 4) is 17.2 Å². The summed E-state index contributed by atoms with van der Waals surface area (Å²) in [6, 6.07) is 26.7. The predicted octanol–water partition coefficient (Wildman–Crippen LogP) is 6.08. The highest BCUT2D eigenvalue weighted by Crippen LogP contribution is 2.28. The van der Waals surface area contributed by atoms with Crippen LogP contribution in [0.2, 0.25) is 0 Å². The maximum Gasteiger partial charge on any atom is 0.255 e. The molecule has 0 spiro atoms. The van der Waals surface area contributed by atoms with Crippen LogP contribution in [-0.2, 0) is 6.61 Å². The van der Waals surface area contributed by atoms with Gasteiger partial charge in [0.05, 0.1) is 13.7 Å². The summed E-state index contributed by atoms with van der Waals surface area (Å²) >= 11 is 0. The summed E-state index contributed by atoms with van der Waals surface area (Å²) in [4.78, 5) is 12.9. The number of carbonyl (C=O) groups excluding carboxylic acids is 1. The molecule has 0 heterocycles. The van der Waals surface area contributed by atoms with Crippen LogP contribution < -0.4 is 19.5 Å². The number of anilines is 1. The van der Waals surface area contributed by atoms with Crippen molar-refractivity contribution in [2.24, 2.45) is 0 Å². The highest BCUT2D eigenvalue weighted by atomic mass is 16.5. The number of amides is 1. The maximum absolute atomic E-state index is 12.9. The molecule has 0 aromatic heterocycles. The molecular formula is C27H25NO4. The molecule has 0 saturated carbocycles. The number of carbonyl (C=O) groups is 1. The van der Waals surface area contributed by atoms with Crippen LogP contribution in [-0.4, -0.2) is 19.6 Å². The Morgan fingerprint density at radius 3 is 2.50 bits per heavy atom. The molecule has 4 aromatic rings. The first kappa shape index (κ1) is 21.2. The number of hydrogen-bond donors (Lipinski definition) is 1. The lowest BCUT2D eigenvalue weighted by Crippen LogP contribution is -2.13. The standard InChI is InChI=1S/C27H25NO4/c1-3-31-25-15-14-20(27(29)28-22-10-7-11-23(17-22)30-2)16-21(25)18-32-26-13-6-9-19-8-4-5-12-24(19)26/h4-17H,3,18H2,1-2H3,(H,28,29). The fraction of sp³-hybridized carbons (Fsp3) is 0.148. The minimum atomic E-state index is -0.215. The number of hydrogen-bond acceptors (Lipinski definition) is 4. The highest BCUT2D eigenvalue weighted by molar-refractivity contribution is 6.04. The van der Waals surface area contributed by atoms with E-state index in [1.54, 1.807) is 19.2 Å². The molecule has 0 aliphatic rings. The second-order valence-corrected chi connectivity index (χ2v) is 7.21. The Bertz CT molecular complexity index is 1230. The normalized spacial score (nSPS) is 10.6. The van der Waals surface area contributed by atoms with E-state index in [1.807, 2.05) is 67.6 Å². The lowest BCUT2D eigenvalue weighted by Gasteiger charge is -2.14. The monoisotopic (exact) mass is 427 g/mol. The zero-order valence-electron chi connectivity index (χ0n) is 18.1. The SMILES string of the molecule is CCOc1ccc(C(=O)Nc2cccc(OC)c2)cc1COc1cccc2ccccc12. The molecule has 4 aromatic carbocycles. The number of fused-ring (bicyclic) bond motifs is 1. The smallest absolute Gasteiger partial charge is 0.255 e. The molecule has 0 atom stereocenters. The molecule has 0 radical (unpaired) electrons. The molecule has 4 rings (SSSR count). The Hall–Kier alpha value is -3.99. The minimum Gasteiger partial charge on any atom is -0.497 e. The molecule has 0 fully saturated rings. The predicted molar refractivity (Wildman–Crippen MR) is 127 cm³/mol. The van der Waals surface area contributed by atoms with Gasteiger partial charge < -0.3 is 19.5 Å². The van der Waals surface area contributed by atoms with Crippen molar-refractivity contribution >= 4 is 22.4 Å². The zero-order chi connectivity index (χ0) is 22.3. The average Bonchev–Trinajstić information content (AvgIpc) is 2.83. The van der Waals surface area contributed by atoms with Crippen molar-refractivity contribution in [3.63, 3.8) is 0 Å². The van der Waals surface area contributed by atoms with Gasteiger partial charge in [-0.05, 0) is 48.7 Å². The third kappa shape index (κ3) is 4.83. The van der Waals surface area contributed by atoms with E-state index in [2.05, 4.69) is 17.4 Å². The van der Waals surface area contributed by atoms with Crippen molar-refractivity contribution in [1.82, 2.24) is 0 Å². The van der Waals surface area contributed by atoms with E-state index in [0.717, 1.165) is 22.1 Å². The molecule has 0 aliphatic carbocycles. The van der Waals surface area contributed by atoms with E-state index in [-0.39, 0.29) is 12.5 Å². The summed E-state index contributed by atoms with van der Waals surface area (Å²) in [5, 5.41) is 5.06. The van der Waals surface area contributed by atoms with Crippen LogP contribution in [0.15, 0.2) is 84.9 Å². The Morgan fingerprint density at radius 2 is 1.66 bits per heavy atom. The fourth-order valence-electron chi connectivity index (χ4n) is 3.51. The van der Waals surface area contributed by atoms with Gasteiger partial charge in [-0.3, -0.25) is 4.79 Å². The molecule has 0 bridgehead atoms. The summed E-state index contributed by atoms with van der Waals surface area (Å²) in [5.74, 6) is 1.95. The quantitative estimate of drug-likeness (QED) is 0.370. The first-order valence-electron chi connectivity index (χ1n) is 10.5. The second-order valence-electron chi connectivity index (χ2n) is 7.21. The van der Waals surface area contributed by atoms with Gasteiger partial charge in [0.2, 0.25) is 0 Å². The first-order valence-corrected chi connectivity index (χ1v) is 10.5. The Balaban J connectivity index is 1.56. The van der Waals surface area contributed by atoms with Crippen molar-refractivity contribution in [2.75, 3.05) is 19.0 Å². The van der Waals surface area contributed by atoms with Crippen molar-refractivity contribution < 1.29 is 19.0 Å². The van der Waals surface area contributed by atoms with E-state index in [0.29, 0.717) is 29.4 Å². The third-order valence-electron chi connectivity index (χ3n) is 5.08. The van der Waals surface area contributed by atoms with E-state index >= 15 is 0 Å². The number of ether oxygens (including phenoxy) is 3. The molecule has 1 amide bonds. The summed E-state index contributed by atoms with van der Waals surface area (Å²) < 4.78 is 17.1. The van der Waals surface area contributed by atoms with Gasteiger partial charge in [0.15, 0.2) is 0 Å². The molecule has 0 unspecified atom stereocenters. The van der Waals surface area contributed by atoms with Crippen LogP contribution in [0.4, 0.5) is 5.69 Å². The van der Waals surface area contributed by atoms with Gasteiger partial charge in [-0.15, -0.1) is 0 Å². The topological polar surface area (TPSA) is 56.8 Å². The fourth-order valence-corrected chi connectivity index (χ4v) is 3.51. The molecule has 5 nitrogen and oxygen atoms in total. The van der Waals surface area contributed by atoms with Gasteiger partial charge in [0.25, 0.3) is 5.91 Å². The minimum absolute atomic E-state index is 0.215. The summed E-state index contributed by atoms with van der Waals surface area (Å²) in [7, 11) is 1.59. The number of methoxy groups -OCH3 is 1. The third-order valence-corrected chi connectivity index (χ3v) is 5.08.